The lowest BCUT2D eigenvalue weighted by Crippen LogP contribution is -2.38. The fourth-order valence-corrected chi connectivity index (χ4v) is 3.24. The molecule has 1 fully saturated rings. The average molecular weight is 382 g/mol. The molecule has 0 radical (unpaired) electrons. The molecule has 7 nitrogen and oxygen atoms in total. The van der Waals surface area contributed by atoms with E-state index < -0.39 is 0 Å². The van der Waals surface area contributed by atoms with Crippen LogP contribution in [0.4, 0.5) is 5.95 Å². The summed E-state index contributed by atoms with van der Waals surface area (Å²) in [6.45, 7) is 2.67. The van der Waals surface area contributed by atoms with Crippen LogP contribution in [0.25, 0.3) is 17.3 Å². The number of benzene rings is 2. The van der Waals surface area contributed by atoms with Gasteiger partial charge in [0.15, 0.2) is 5.82 Å². The maximum absolute atomic E-state index is 9.86. The van der Waals surface area contributed by atoms with Crippen LogP contribution in [-0.2, 0) is 4.74 Å². The second-order valence-electron chi connectivity index (χ2n) is 6.50. The number of para-hydroxylation sites is 1. The van der Waals surface area contributed by atoms with Gasteiger partial charge < -0.3 is 9.64 Å². The Hall–Kier alpha value is -3.94. The first-order valence-corrected chi connectivity index (χ1v) is 9.26. The van der Waals surface area contributed by atoms with Crippen molar-refractivity contribution < 1.29 is 4.74 Å². The highest BCUT2D eigenvalue weighted by molar-refractivity contribution is 5.88. The highest BCUT2D eigenvalue weighted by Crippen LogP contribution is 2.26. The molecule has 0 spiro atoms. The molecule has 1 aliphatic heterocycles. The van der Waals surface area contributed by atoms with Gasteiger partial charge in [-0.15, -0.1) is 10.2 Å². The molecule has 1 aliphatic rings. The first-order valence-electron chi connectivity index (χ1n) is 9.26. The summed E-state index contributed by atoms with van der Waals surface area (Å²) < 4.78 is 7.35. The first-order chi connectivity index (χ1) is 14.3. The third-order valence-corrected chi connectivity index (χ3v) is 4.64. The maximum atomic E-state index is 9.86. The number of hydrogen-bond donors (Lipinski definition) is 0. The number of morpholine rings is 1. The van der Waals surface area contributed by atoms with Crippen LogP contribution in [0.3, 0.4) is 0 Å². The number of ether oxygens (including phenoxy) is 1. The van der Waals surface area contributed by atoms with Crippen molar-refractivity contribution in [2.24, 2.45) is 0 Å². The van der Waals surface area contributed by atoms with Gasteiger partial charge in [-0.25, -0.2) is 0 Å². The monoisotopic (exact) mass is 382 g/mol. The molecule has 0 atom stereocenters. The molecule has 3 aromatic rings. The van der Waals surface area contributed by atoms with Gasteiger partial charge in [-0.05, 0) is 35.9 Å². The smallest absolute Gasteiger partial charge is 0.232 e. The largest absolute Gasteiger partial charge is 0.378 e. The summed E-state index contributed by atoms with van der Waals surface area (Å²) >= 11 is 0. The van der Waals surface area contributed by atoms with Gasteiger partial charge in [0.1, 0.15) is 6.07 Å². The second kappa shape index (κ2) is 8.39. The van der Waals surface area contributed by atoms with E-state index in [0.29, 0.717) is 49.2 Å². The highest BCUT2D eigenvalue weighted by atomic mass is 16.5. The zero-order valence-electron chi connectivity index (χ0n) is 15.7. The summed E-state index contributed by atoms with van der Waals surface area (Å²) in [5.41, 5.74) is 2.54. The molecule has 0 amide bonds. The Morgan fingerprint density at radius 2 is 1.79 bits per heavy atom. The Kier molecular flexibility index (Phi) is 5.33. The van der Waals surface area contributed by atoms with Crippen molar-refractivity contribution in [1.29, 1.82) is 10.5 Å². The number of hydrogen-bond acceptors (Lipinski definition) is 6. The molecule has 0 bridgehead atoms. The molecule has 0 saturated carbocycles. The van der Waals surface area contributed by atoms with E-state index in [-0.39, 0.29) is 0 Å². The molecule has 29 heavy (non-hydrogen) atoms. The quantitative estimate of drug-likeness (QED) is 0.644. The van der Waals surface area contributed by atoms with Gasteiger partial charge in [-0.1, -0.05) is 30.3 Å². The summed E-state index contributed by atoms with van der Waals surface area (Å²) in [5.74, 6) is 1.14. The van der Waals surface area contributed by atoms with Gasteiger partial charge in [0, 0.05) is 13.1 Å². The molecule has 142 valence electrons. The number of nitrogens with zero attached hydrogens (tertiary/aromatic N) is 6. The van der Waals surface area contributed by atoms with E-state index in [2.05, 4.69) is 27.2 Å². The fourth-order valence-electron chi connectivity index (χ4n) is 3.24. The Labute approximate surface area is 168 Å². The lowest BCUT2D eigenvalue weighted by molar-refractivity contribution is 0.122. The van der Waals surface area contributed by atoms with Gasteiger partial charge in [0.2, 0.25) is 5.95 Å². The molecule has 4 rings (SSSR count). The number of aromatic nitrogens is 3. The third-order valence-electron chi connectivity index (χ3n) is 4.64. The number of rotatable bonds is 4. The van der Waals surface area contributed by atoms with Crippen LogP contribution in [-0.4, -0.2) is 41.1 Å². The topological polar surface area (TPSA) is 90.8 Å². The predicted molar refractivity (Wildman–Crippen MR) is 109 cm³/mol. The third kappa shape index (κ3) is 3.86. The summed E-state index contributed by atoms with van der Waals surface area (Å²) in [6.07, 6.45) is 1.73. The van der Waals surface area contributed by atoms with Crippen molar-refractivity contribution >= 4 is 17.6 Å². The van der Waals surface area contributed by atoms with Gasteiger partial charge in [0.25, 0.3) is 0 Å². The van der Waals surface area contributed by atoms with Gasteiger partial charge in [-0.2, -0.15) is 10.5 Å². The van der Waals surface area contributed by atoms with Crippen LogP contribution in [0.5, 0.6) is 0 Å². The molecular formula is C22H18N6O. The minimum absolute atomic E-state index is 0.371. The van der Waals surface area contributed by atoms with E-state index in [4.69, 9.17) is 10.00 Å². The molecule has 0 N–H and O–H groups in total. The minimum Gasteiger partial charge on any atom is -0.378 e. The Morgan fingerprint density at radius 3 is 2.52 bits per heavy atom. The number of anilines is 1. The summed E-state index contributed by atoms with van der Waals surface area (Å²) in [6, 6.07) is 21.2. The second-order valence-corrected chi connectivity index (χ2v) is 6.50. The van der Waals surface area contributed by atoms with Gasteiger partial charge in [-0.3, -0.25) is 4.57 Å². The molecular weight excluding hydrogens is 364 g/mol. The fraction of sp³-hybridized carbons (Fsp3) is 0.182. The van der Waals surface area contributed by atoms with Crippen molar-refractivity contribution in [3.8, 4) is 17.8 Å². The number of nitriles is 2. The highest BCUT2D eigenvalue weighted by Gasteiger charge is 2.23. The van der Waals surface area contributed by atoms with E-state index in [9.17, 15) is 5.26 Å². The molecule has 0 aliphatic carbocycles. The van der Waals surface area contributed by atoms with Gasteiger partial charge >= 0.3 is 0 Å². The Morgan fingerprint density at radius 1 is 1.00 bits per heavy atom. The molecule has 0 unspecified atom stereocenters. The molecule has 7 heteroatoms. The van der Waals surface area contributed by atoms with Crippen LogP contribution in [0.1, 0.15) is 17.0 Å². The van der Waals surface area contributed by atoms with Gasteiger partial charge in [0.05, 0.1) is 36.1 Å². The lowest BCUT2D eigenvalue weighted by atomic mass is 10.1. The Bertz CT molecular complexity index is 1110. The minimum atomic E-state index is 0.371. The van der Waals surface area contributed by atoms with Crippen LogP contribution >= 0.6 is 0 Å². The predicted octanol–water partition coefficient (Wildman–Crippen LogP) is 3.04. The van der Waals surface area contributed by atoms with Crippen LogP contribution in [0.15, 0.2) is 54.6 Å². The SMILES string of the molecule is N#C/C(=C\c1cccc(C#N)c1)c1nnc(N2CCOCC2)n1-c1ccccc1. The lowest BCUT2D eigenvalue weighted by Gasteiger charge is -2.28. The van der Waals surface area contributed by atoms with E-state index >= 15 is 0 Å². The molecule has 2 aromatic carbocycles. The zero-order valence-corrected chi connectivity index (χ0v) is 15.7. The van der Waals surface area contributed by atoms with Crippen LogP contribution in [0, 0.1) is 22.7 Å². The van der Waals surface area contributed by atoms with Crippen molar-refractivity contribution in [2.75, 3.05) is 31.2 Å². The van der Waals surface area contributed by atoms with E-state index in [1.54, 1.807) is 24.3 Å². The summed E-state index contributed by atoms with van der Waals surface area (Å²) in [5, 5.41) is 27.7. The van der Waals surface area contributed by atoms with E-state index in [0.717, 1.165) is 11.3 Å². The first kappa shape index (κ1) is 18.4. The van der Waals surface area contributed by atoms with E-state index in [1.807, 2.05) is 41.0 Å². The molecule has 1 saturated heterocycles. The maximum Gasteiger partial charge on any atom is 0.232 e. The standard InChI is InChI=1S/C22H18N6O/c23-15-18-6-4-5-17(13-18)14-19(16-24)21-25-26-22(27-9-11-29-12-10-27)28(21)20-7-2-1-3-8-20/h1-8,13-14H,9-12H2/b19-14+. The average Bonchev–Trinajstić information content (AvgIpc) is 3.24. The zero-order chi connectivity index (χ0) is 20.1. The van der Waals surface area contributed by atoms with E-state index in [1.165, 1.54) is 0 Å². The van der Waals surface area contributed by atoms with Crippen LogP contribution in [0.2, 0.25) is 0 Å². The van der Waals surface area contributed by atoms with Crippen molar-refractivity contribution in [3.63, 3.8) is 0 Å². The summed E-state index contributed by atoms with van der Waals surface area (Å²) in [4.78, 5) is 2.11. The normalized spacial score (nSPS) is 14.3. The van der Waals surface area contributed by atoms with Crippen molar-refractivity contribution in [3.05, 3.63) is 71.5 Å². The summed E-state index contributed by atoms with van der Waals surface area (Å²) in [7, 11) is 0. The molecule has 1 aromatic heterocycles. The Balaban J connectivity index is 1.84. The van der Waals surface area contributed by atoms with Crippen molar-refractivity contribution in [2.45, 2.75) is 0 Å². The van der Waals surface area contributed by atoms with Crippen molar-refractivity contribution in [1.82, 2.24) is 14.8 Å². The van der Waals surface area contributed by atoms with Crippen LogP contribution < -0.4 is 4.90 Å². The number of allylic oxidation sites excluding steroid dienone is 1. The molecule has 2 heterocycles.